The number of fused-ring (bicyclic) bond motifs is 3. The topological polar surface area (TPSA) is 0 Å². The second-order valence-corrected chi connectivity index (χ2v) is 13.9. The molecule has 0 radical (unpaired) electrons. The zero-order chi connectivity index (χ0) is 18.9. The number of rotatable bonds is 3. The van der Waals surface area contributed by atoms with Crippen molar-refractivity contribution >= 4 is 29.6 Å². The molecule has 134 valence electrons. The van der Waals surface area contributed by atoms with E-state index in [0.717, 1.165) is 0 Å². The molecular weight excluding hydrogens is 328 g/mol. The van der Waals surface area contributed by atoms with E-state index in [1.807, 2.05) is 0 Å². The molecule has 0 amide bonds. The van der Waals surface area contributed by atoms with E-state index in [0.29, 0.717) is 16.6 Å². The lowest BCUT2D eigenvalue weighted by Crippen LogP contribution is -2.43. The van der Waals surface area contributed by atoms with E-state index in [4.69, 9.17) is 0 Å². The maximum absolute atomic E-state index is 3.89. The SMILES string of the molecule is CC(C)[Si](C#Cc1cc2ccccc2c2ccccc12)(C(C)C)C(C)C. The lowest BCUT2D eigenvalue weighted by Gasteiger charge is -2.38. The van der Waals surface area contributed by atoms with Crippen LogP contribution in [-0.4, -0.2) is 8.07 Å². The summed E-state index contributed by atoms with van der Waals surface area (Å²) in [6, 6.07) is 19.6. The lowest BCUT2D eigenvalue weighted by molar-refractivity contribution is 0.838. The van der Waals surface area contributed by atoms with Gasteiger partial charge in [0.15, 0.2) is 0 Å². The van der Waals surface area contributed by atoms with Crippen molar-refractivity contribution in [2.45, 2.75) is 58.2 Å². The van der Waals surface area contributed by atoms with Gasteiger partial charge in [-0.05, 0) is 44.2 Å². The molecule has 1 heteroatoms. The Kier molecular flexibility index (Phi) is 5.26. The summed E-state index contributed by atoms with van der Waals surface area (Å²) in [5.74, 6) is 3.68. The molecule has 0 aliphatic rings. The minimum Gasteiger partial charge on any atom is -0.125 e. The van der Waals surface area contributed by atoms with Crippen LogP contribution >= 0.6 is 0 Å². The molecule has 3 rings (SSSR count). The molecule has 0 saturated heterocycles. The largest absolute Gasteiger partial charge is 0.146 e. The van der Waals surface area contributed by atoms with Crippen LogP contribution in [-0.2, 0) is 0 Å². The Labute approximate surface area is 159 Å². The molecule has 0 spiro atoms. The molecule has 0 aliphatic heterocycles. The molecule has 0 unspecified atom stereocenters. The van der Waals surface area contributed by atoms with Gasteiger partial charge in [0.1, 0.15) is 8.07 Å². The molecule has 0 aromatic heterocycles. The van der Waals surface area contributed by atoms with E-state index in [9.17, 15) is 0 Å². The van der Waals surface area contributed by atoms with Gasteiger partial charge in [0.05, 0.1) is 0 Å². The molecule has 0 atom stereocenters. The third-order valence-corrected chi connectivity index (χ3v) is 12.3. The fraction of sp³-hybridized carbons (Fsp3) is 0.360. The van der Waals surface area contributed by atoms with Gasteiger partial charge in [-0.2, -0.15) is 0 Å². The summed E-state index contributed by atoms with van der Waals surface area (Å²) in [6.07, 6.45) is 0. The molecule has 3 aromatic carbocycles. The zero-order valence-corrected chi connectivity index (χ0v) is 17.9. The maximum Gasteiger partial charge on any atom is 0.146 e. The van der Waals surface area contributed by atoms with Gasteiger partial charge >= 0.3 is 0 Å². The highest BCUT2D eigenvalue weighted by Crippen LogP contribution is 2.41. The third kappa shape index (κ3) is 3.08. The summed E-state index contributed by atoms with van der Waals surface area (Å²) in [6.45, 7) is 14.2. The molecule has 0 saturated carbocycles. The van der Waals surface area contributed by atoms with Crippen molar-refractivity contribution in [1.29, 1.82) is 0 Å². The van der Waals surface area contributed by atoms with Gasteiger partial charge in [-0.15, -0.1) is 5.54 Å². The first-order valence-electron chi connectivity index (χ1n) is 9.81. The Morgan fingerprint density at radius 1 is 0.654 bits per heavy atom. The average Bonchev–Trinajstić information content (AvgIpc) is 2.61. The second kappa shape index (κ2) is 7.29. The monoisotopic (exact) mass is 358 g/mol. The van der Waals surface area contributed by atoms with Gasteiger partial charge in [-0.3, -0.25) is 0 Å². The van der Waals surface area contributed by atoms with Crippen molar-refractivity contribution in [1.82, 2.24) is 0 Å². The average molecular weight is 359 g/mol. The van der Waals surface area contributed by atoms with Crippen LogP contribution in [0.4, 0.5) is 0 Å². The van der Waals surface area contributed by atoms with Crippen LogP contribution in [0.5, 0.6) is 0 Å². The molecule has 26 heavy (non-hydrogen) atoms. The highest BCUT2D eigenvalue weighted by atomic mass is 28.3. The molecule has 0 bridgehead atoms. The molecule has 0 N–H and O–H groups in total. The van der Waals surface area contributed by atoms with Crippen molar-refractivity contribution in [2.75, 3.05) is 0 Å². The number of hydrogen-bond acceptors (Lipinski definition) is 0. The minimum atomic E-state index is -1.73. The molecular formula is C25H30Si. The maximum atomic E-state index is 3.89. The van der Waals surface area contributed by atoms with E-state index in [1.54, 1.807) is 0 Å². The first kappa shape index (κ1) is 18.7. The lowest BCUT2D eigenvalue weighted by atomic mass is 9.98. The van der Waals surface area contributed by atoms with E-state index < -0.39 is 8.07 Å². The van der Waals surface area contributed by atoms with Crippen molar-refractivity contribution in [3.05, 3.63) is 60.2 Å². The van der Waals surface area contributed by atoms with Crippen LogP contribution in [0.3, 0.4) is 0 Å². The van der Waals surface area contributed by atoms with Gasteiger partial charge in [0, 0.05) is 5.56 Å². The Bertz CT molecular complexity index is 961. The molecule has 0 nitrogen and oxygen atoms in total. The summed E-state index contributed by atoms with van der Waals surface area (Å²) in [5, 5.41) is 5.17. The fourth-order valence-electron chi connectivity index (χ4n) is 4.77. The Hall–Kier alpha value is -2.04. The highest BCUT2D eigenvalue weighted by Gasteiger charge is 2.41. The normalized spacial score (nSPS) is 12.2. The van der Waals surface area contributed by atoms with Crippen molar-refractivity contribution in [2.24, 2.45) is 0 Å². The zero-order valence-electron chi connectivity index (χ0n) is 16.9. The van der Waals surface area contributed by atoms with E-state index in [-0.39, 0.29) is 0 Å². The van der Waals surface area contributed by atoms with Crippen molar-refractivity contribution in [3.8, 4) is 11.5 Å². The van der Waals surface area contributed by atoms with E-state index in [2.05, 4.69) is 108 Å². The van der Waals surface area contributed by atoms with Gasteiger partial charge in [-0.25, -0.2) is 0 Å². The number of hydrogen-bond donors (Lipinski definition) is 0. The Balaban J connectivity index is 2.28. The summed E-state index contributed by atoms with van der Waals surface area (Å²) in [5.41, 5.74) is 7.04. The number of benzene rings is 3. The Morgan fingerprint density at radius 3 is 1.73 bits per heavy atom. The fourth-order valence-corrected chi connectivity index (χ4v) is 9.98. The van der Waals surface area contributed by atoms with Crippen LogP contribution in [0.1, 0.15) is 47.1 Å². The summed E-state index contributed by atoms with van der Waals surface area (Å²) in [7, 11) is -1.73. The molecule has 0 heterocycles. The third-order valence-electron chi connectivity index (χ3n) is 6.05. The van der Waals surface area contributed by atoms with Gasteiger partial charge in [0.2, 0.25) is 0 Å². The summed E-state index contributed by atoms with van der Waals surface area (Å²) < 4.78 is 0. The van der Waals surface area contributed by atoms with Crippen molar-refractivity contribution in [3.63, 3.8) is 0 Å². The molecule has 0 fully saturated rings. The highest BCUT2D eigenvalue weighted by molar-refractivity contribution is 6.90. The predicted octanol–water partition coefficient (Wildman–Crippen LogP) is 7.56. The van der Waals surface area contributed by atoms with Gasteiger partial charge in [0.25, 0.3) is 0 Å². The van der Waals surface area contributed by atoms with E-state index in [1.165, 1.54) is 27.1 Å². The van der Waals surface area contributed by atoms with Crippen molar-refractivity contribution < 1.29 is 0 Å². The summed E-state index contributed by atoms with van der Waals surface area (Å²) >= 11 is 0. The minimum absolute atomic E-state index is 0.654. The van der Waals surface area contributed by atoms with Crippen LogP contribution in [0.15, 0.2) is 54.6 Å². The summed E-state index contributed by atoms with van der Waals surface area (Å²) in [4.78, 5) is 0. The Morgan fingerprint density at radius 2 is 1.15 bits per heavy atom. The first-order valence-corrected chi connectivity index (χ1v) is 12.0. The van der Waals surface area contributed by atoms with Crippen LogP contribution < -0.4 is 0 Å². The van der Waals surface area contributed by atoms with Gasteiger partial charge in [-0.1, -0.05) is 96.0 Å². The quantitative estimate of drug-likeness (QED) is 0.257. The second-order valence-electron chi connectivity index (χ2n) is 8.34. The standard InChI is InChI=1S/C25H30Si/c1-18(2)26(19(3)4,20(5)6)16-15-22-17-21-11-7-8-12-23(21)25-14-10-9-13-24(22)25/h7-14,17-20H,1-6H3. The smallest absolute Gasteiger partial charge is 0.125 e. The molecule has 3 aromatic rings. The van der Waals surface area contributed by atoms with E-state index >= 15 is 0 Å². The first-order chi connectivity index (χ1) is 12.4. The molecule has 0 aliphatic carbocycles. The van der Waals surface area contributed by atoms with Gasteiger partial charge < -0.3 is 0 Å². The van der Waals surface area contributed by atoms with Crippen LogP contribution in [0.25, 0.3) is 21.5 Å². The van der Waals surface area contributed by atoms with Crippen LogP contribution in [0, 0.1) is 11.5 Å². The van der Waals surface area contributed by atoms with Crippen LogP contribution in [0.2, 0.25) is 16.6 Å². The predicted molar refractivity (Wildman–Crippen MR) is 119 cm³/mol.